The Morgan fingerprint density at radius 2 is 1.68 bits per heavy atom. The fourth-order valence-corrected chi connectivity index (χ4v) is 2.67. The predicted octanol–water partition coefficient (Wildman–Crippen LogP) is 0.675. The van der Waals surface area contributed by atoms with E-state index in [1.807, 2.05) is 25.1 Å². The summed E-state index contributed by atoms with van der Waals surface area (Å²) in [6.07, 6.45) is 3.24. The summed E-state index contributed by atoms with van der Waals surface area (Å²) in [6.45, 7) is 6.59. The second-order valence-corrected chi connectivity index (χ2v) is 6.51. The third-order valence-corrected chi connectivity index (χ3v) is 4.36. The molecule has 0 saturated heterocycles. The van der Waals surface area contributed by atoms with Gasteiger partial charge < -0.3 is 25.6 Å². The lowest BCUT2D eigenvalue weighted by molar-refractivity contribution is -0.909. The zero-order valence-electron chi connectivity index (χ0n) is 15.3. The highest BCUT2D eigenvalue weighted by atomic mass is 16.5. The topological polar surface area (TPSA) is 93.5 Å². The van der Waals surface area contributed by atoms with Crippen LogP contribution >= 0.6 is 0 Å². The third-order valence-electron chi connectivity index (χ3n) is 4.36. The summed E-state index contributed by atoms with van der Waals surface area (Å²) in [5.41, 5.74) is 7.68. The smallest absolute Gasteiger partial charge is 0.207 e. The highest BCUT2D eigenvalue weighted by molar-refractivity contribution is 5.50. The number of nitrogens with two attached hydrogens (primary N) is 1. The van der Waals surface area contributed by atoms with Gasteiger partial charge in [0.2, 0.25) is 12.8 Å². The van der Waals surface area contributed by atoms with Crippen LogP contribution in [0.15, 0.2) is 18.2 Å². The van der Waals surface area contributed by atoms with Crippen molar-refractivity contribution in [1.29, 1.82) is 0 Å². The number of ether oxygens (including phenoxy) is 1. The number of carbonyl (C=O) groups excluding carboxylic acids is 2. The van der Waals surface area contributed by atoms with E-state index in [0.717, 1.165) is 66.8 Å². The highest BCUT2D eigenvalue weighted by Gasteiger charge is 2.20. The summed E-state index contributed by atoms with van der Waals surface area (Å²) >= 11 is 0. The van der Waals surface area contributed by atoms with Crippen molar-refractivity contribution < 1.29 is 18.8 Å². The second-order valence-electron chi connectivity index (χ2n) is 6.51. The van der Waals surface area contributed by atoms with Crippen molar-refractivity contribution in [2.75, 3.05) is 52.1 Å². The SMILES string of the molecule is Cc1ccc(OCC[N+](C)(CCCNC=O)CCCNC=O)cc1N. The summed E-state index contributed by atoms with van der Waals surface area (Å²) in [4.78, 5) is 20.7. The minimum atomic E-state index is 0.585. The average Bonchev–Trinajstić information content (AvgIpc) is 2.59. The fraction of sp³-hybridized carbons (Fsp3) is 0.556. The summed E-state index contributed by atoms with van der Waals surface area (Å²) in [5, 5.41) is 5.39. The standard InChI is InChI=1S/C18H30N4O3/c1-16-5-6-17(13-18(16)19)25-12-11-22(2,9-3-7-20-14-23)10-4-8-21-15-24/h5-6,13-15H,3-4,7-12,19H2,1-2H3,(H-,20,21,23,24)/p+1. The van der Waals surface area contributed by atoms with Crippen molar-refractivity contribution in [2.24, 2.45) is 0 Å². The molecule has 0 bridgehead atoms. The van der Waals surface area contributed by atoms with E-state index in [4.69, 9.17) is 10.5 Å². The van der Waals surface area contributed by atoms with Crippen LogP contribution in [0.25, 0.3) is 0 Å². The van der Waals surface area contributed by atoms with Gasteiger partial charge >= 0.3 is 0 Å². The molecule has 0 spiro atoms. The summed E-state index contributed by atoms with van der Waals surface area (Å²) < 4.78 is 6.68. The van der Waals surface area contributed by atoms with E-state index in [0.29, 0.717) is 19.7 Å². The Bertz CT molecular complexity index is 521. The molecule has 0 radical (unpaired) electrons. The van der Waals surface area contributed by atoms with E-state index in [1.54, 1.807) is 0 Å². The Hall–Kier alpha value is -2.28. The molecular weight excluding hydrogens is 320 g/mol. The Balaban J connectivity index is 2.50. The van der Waals surface area contributed by atoms with Crippen LogP contribution in [-0.4, -0.2) is 63.7 Å². The van der Waals surface area contributed by atoms with Crippen LogP contribution in [0.5, 0.6) is 5.75 Å². The normalized spacial score (nSPS) is 11.0. The average molecular weight is 351 g/mol. The van der Waals surface area contributed by atoms with Crippen LogP contribution in [0.2, 0.25) is 0 Å². The number of benzene rings is 1. The molecule has 1 aromatic carbocycles. The number of rotatable bonds is 14. The van der Waals surface area contributed by atoms with E-state index in [2.05, 4.69) is 17.7 Å². The number of anilines is 1. The minimum absolute atomic E-state index is 0.585. The number of likely N-dealkylation sites (N-methyl/N-ethyl adjacent to an activating group) is 1. The van der Waals surface area contributed by atoms with Crippen molar-refractivity contribution in [2.45, 2.75) is 19.8 Å². The first-order valence-electron chi connectivity index (χ1n) is 8.67. The Kier molecular flexibility index (Phi) is 9.39. The van der Waals surface area contributed by atoms with E-state index in [1.165, 1.54) is 0 Å². The van der Waals surface area contributed by atoms with Crippen LogP contribution in [0.3, 0.4) is 0 Å². The van der Waals surface area contributed by atoms with Gasteiger partial charge in [-0.15, -0.1) is 0 Å². The summed E-state index contributed by atoms with van der Waals surface area (Å²) in [7, 11) is 2.18. The Labute approximate surface area is 150 Å². The number of hydrogen-bond donors (Lipinski definition) is 3. The minimum Gasteiger partial charge on any atom is -0.488 e. The molecule has 0 aliphatic heterocycles. The van der Waals surface area contributed by atoms with Gasteiger partial charge in [-0.1, -0.05) is 6.07 Å². The molecule has 7 nitrogen and oxygen atoms in total. The molecular formula is C18H31N4O3+. The molecule has 0 saturated carbocycles. The molecule has 4 N–H and O–H groups in total. The van der Waals surface area contributed by atoms with Crippen LogP contribution < -0.4 is 21.1 Å². The maximum atomic E-state index is 10.4. The lowest BCUT2D eigenvalue weighted by atomic mass is 10.2. The quantitative estimate of drug-likeness (QED) is 0.199. The van der Waals surface area contributed by atoms with Gasteiger partial charge in [0.1, 0.15) is 18.9 Å². The largest absolute Gasteiger partial charge is 0.488 e. The van der Waals surface area contributed by atoms with Gasteiger partial charge in [0.05, 0.1) is 20.1 Å². The molecule has 25 heavy (non-hydrogen) atoms. The lowest BCUT2D eigenvalue weighted by Gasteiger charge is -2.34. The van der Waals surface area contributed by atoms with Gasteiger partial charge in [0.15, 0.2) is 0 Å². The van der Waals surface area contributed by atoms with Gasteiger partial charge in [-0.25, -0.2) is 0 Å². The molecule has 7 heteroatoms. The van der Waals surface area contributed by atoms with E-state index in [9.17, 15) is 9.59 Å². The fourth-order valence-electron chi connectivity index (χ4n) is 2.67. The first-order valence-corrected chi connectivity index (χ1v) is 8.67. The van der Waals surface area contributed by atoms with Crippen molar-refractivity contribution in [3.8, 4) is 5.75 Å². The van der Waals surface area contributed by atoms with Gasteiger partial charge in [-0.2, -0.15) is 0 Å². The predicted molar refractivity (Wildman–Crippen MR) is 99.2 cm³/mol. The number of quaternary nitrogens is 1. The number of carbonyl (C=O) groups is 2. The number of amides is 2. The number of nitrogens with one attached hydrogen (secondary N) is 2. The highest BCUT2D eigenvalue weighted by Crippen LogP contribution is 2.19. The van der Waals surface area contributed by atoms with Gasteiger partial charge in [-0.3, -0.25) is 9.59 Å². The number of nitrogens with zero attached hydrogens (tertiary/aromatic N) is 1. The maximum absolute atomic E-state index is 10.4. The van der Waals surface area contributed by atoms with Crippen molar-refractivity contribution in [3.63, 3.8) is 0 Å². The van der Waals surface area contributed by atoms with Crippen LogP contribution in [0, 0.1) is 6.92 Å². The molecule has 0 heterocycles. The molecule has 0 aromatic heterocycles. The van der Waals surface area contributed by atoms with Crippen molar-refractivity contribution in [1.82, 2.24) is 10.6 Å². The second kappa shape index (κ2) is 11.3. The maximum Gasteiger partial charge on any atom is 0.207 e. The Morgan fingerprint density at radius 3 is 2.20 bits per heavy atom. The first kappa shape index (κ1) is 20.8. The molecule has 1 rings (SSSR count). The van der Waals surface area contributed by atoms with E-state index < -0.39 is 0 Å². The van der Waals surface area contributed by atoms with Gasteiger partial charge in [0, 0.05) is 37.7 Å². The zero-order valence-corrected chi connectivity index (χ0v) is 15.3. The van der Waals surface area contributed by atoms with E-state index >= 15 is 0 Å². The number of aryl methyl sites for hydroxylation is 1. The van der Waals surface area contributed by atoms with Crippen LogP contribution in [0.1, 0.15) is 18.4 Å². The lowest BCUT2D eigenvalue weighted by Crippen LogP contribution is -2.49. The monoisotopic (exact) mass is 351 g/mol. The number of nitrogen functional groups attached to an aromatic ring is 1. The molecule has 0 aliphatic rings. The van der Waals surface area contributed by atoms with Gasteiger partial charge in [0.25, 0.3) is 0 Å². The van der Waals surface area contributed by atoms with E-state index in [-0.39, 0.29) is 0 Å². The van der Waals surface area contributed by atoms with Crippen molar-refractivity contribution in [3.05, 3.63) is 23.8 Å². The molecule has 2 amide bonds. The van der Waals surface area contributed by atoms with Crippen LogP contribution in [0.4, 0.5) is 5.69 Å². The molecule has 0 aliphatic carbocycles. The third kappa shape index (κ3) is 8.39. The number of hydrogen-bond acceptors (Lipinski definition) is 4. The first-order chi connectivity index (χ1) is 12.0. The molecule has 140 valence electrons. The summed E-state index contributed by atoms with van der Waals surface area (Å²) in [5.74, 6) is 0.778. The molecule has 0 fully saturated rings. The summed E-state index contributed by atoms with van der Waals surface area (Å²) in [6, 6.07) is 5.73. The molecule has 0 unspecified atom stereocenters. The van der Waals surface area contributed by atoms with Crippen molar-refractivity contribution >= 4 is 18.5 Å². The Morgan fingerprint density at radius 1 is 1.08 bits per heavy atom. The van der Waals surface area contributed by atoms with Crippen LogP contribution in [-0.2, 0) is 9.59 Å². The zero-order chi connectivity index (χ0) is 18.5. The van der Waals surface area contributed by atoms with Gasteiger partial charge in [-0.05, 0) is 18.6 Å². The molecule has 0 atom stereocenters. The molecule has 1 aromatic rings.